The number of carbonyl (C=O) groups is 1. The number of nitrogens with one attached hydrogen (secondary N) is 1. The summed E-state index contributed by atoms with van der Waals surface area (Å²) in [5, 5.41) is 11.4. The molecule has 0 aliphatic carbocycles. The Balaban J connectivity index is 1.62. The monoisotopic (exact) mass is 381 g/mol. The first-order valence-corrected chi connectivity index (χ1v) is 9.75. The van der Waals surface area contributed by atoms with Gasteiger partial charge < -0.3 is 10.1 Å². The van der Waals surface area contributed by atoms with Gasteiger partial charge in [-0.25, -0.2) is 0 Å². The Hall–Kier alpha value is -2.60. The molecule has 0 saturated carbocycles. The third-order valence-electron chi connectivity index (χ3n) is 4.33. The van der Waals surface area contributed by atoms with E-state index in [2.05, 4.69) is 53.6 Å². The number of benzene rings is 2. The molecule has 2 aromatic carbocycles. The fraction of sp³-hybridized carbons (Fsp3) is 0.286. The molecule has 1 aliphatic heterocycles. The van der Waals surface area contributed by atoms with Crippen molar-refractivity contribution in [3.8, 4) is 5.75 Å². The first-order chi connectivity index (χ1) is 13.1. The largest absolute Gasteiger partial charge is 0.496 e. The van der Waals surface area contributed by atoms with Gasteiger partial charge in [0.2, 0.25) is 5.91 Å². The second-order valence-corrected chi connectivity index (χ2v) is 7.78. The van der Waals surface area contributed by atoms with E-state index in [1.165, 1.54) is 17.3 Å². The molecule has 140 valence electrons. The van der Waals surface area contributed by atoms with Crippen LogP contribution in [-0.4, -0.2) is 29.6 Å². The number of hydrogen-bond acceptors (Lipinski definition) is 5. The van der Waals surface area contributed by atoms with Gasteiger partial charge in [-0.15, -0.1) is 5.10 Å². The quantitative estimate of drug-likeness (QED) is 0.608. The Bertz CT molecular complexity index is 860. The van der Waals surface area contributed by atoms with Crippen LogP contribution in [0.15, 0.2) is 58.7 Å². The Morgan fingerprint density at radius 1 is 1.19 bits per heavy atom. The van der Waals surface area contributed by atoms with Crippen LogP contribution in [0.2, 0.25) is 0 Å². The summed E-state index contributed by atoms with van der Waals surface area (Å²) in [6.45, 7) is 4.34. The maximum absolute atomic E-state index is 12.2. The Morgan fingerprint density at radius 3 is 2.63 bits per heavy atom. The summed E-state index contributed by atoms with van der Waals surface area (Å²) in [4.78, 5) is 12.2. The Morgan fingerprint density at radius 2 is 1.93 bits per heavy atom. The highest BCUT2D eigenvalue weighted by Gasteiger charge is 2.30. The van der Waals surface area contributed by atoms with Crippen molar-refractivity contribution in [2.24, 2.45) is 10.2 Å². The van der Waals surface area contributed by atoms with E-state index in [1.807, 2.05) is 24.3 Å². The Kier molecular flexibility index (Phi) is 6.29. The number of ether oxygens (including phenoxy) is 1. The average Bonchev–Trinajstić information content (AvgIpc) is 3.02. The fourth-order valence-electron chi connectivity index (χ4n) is 2.76. The summed E-state index contributed by atoms with van der Waals surface area (Å²) in [5.41, 5.74) is 3.28. The van der Waals surface area contributed by atoms with E-state index in [-0.39, 0.29) is 11.2 Å². The third kappa shape index (κ3) is 4.98. The summed E-state index contributed by atoms with van der Waals surface area (Å²) >= 11 is 1.41. The molecule has 1 amide bonds. The lowest BCUT2D eigenvalue weighted by atomic mass is 10.0. The summed E-state index contributed by atoms with van der Waals surface area (Å²) in [7, 11) is 1.61. The topological polar surface area (TPSA) is 63.1 Å². The first-order valence-electron chi connectivity index (χ1n) is 8.87. The molecule has 1 saturated heterocycles. The second kappa shape index (κ2) is 8.86. The number of hydrogen-bond donors (Lipinski definition) is 1. The molecule has 2 aromatic rings. The molecule has 1 atom stereocenters. The minimum absolute atomic E-state index is 0.0285. The van der Waals surface area contributed by atoms with Crippen molar-refractivity contribution in [2.75, 3.05) is 7.11 Å². The molecule has 0 aromatic heterocycles. The smallest absolute Gasteiger partial charge is 0.239 e. The van der Waals surface area contributed by atoms with E-state index in [0.717, 1.165) is 16.9 Å². The normalized spacial score (nSPS) is 18.4. The zero-order chi connectivity index (χ0) is 19.2. The van der Waals surface area contributed by atoms with Gasteiger partial charge in [0.1, 0.15) is 5.75 Å². The minimum Gasteiger partial charge on any atom is -0.496 e. The van der Waals surface area contributed by atoms with E-state index >= 15 is 0 Å². The van der Waals surface area contributed by atoms with Crippen molar-refractivity contribution in [2.45, 2.75) is 31.4 Å². The molecule has 27 heavy (non-hydrogen) atoms. The molecule has 0 radical (unpaired) electrons. The summed E-state index contributed by atoms with van der Waals surface area (Å²) in [5.74, 6) is 1.20. The van der Waals surface area contributed by atoms with Gasteiger partial charge in [0.05, 0.1) is 18.6 Å². The van der Waals surface area contributed by atoms with E-state index in [1.54, 1.807) is 13.3 Å². The number of amidine groups is 1. The molecule has 5 nitrogen and oxygen atoms in total. The van der Waals surface area contributed by atoms with E-state index in [4.69, 9.17) is 4.74 Å². The van der Waals surface area contributed by atoms with Crippen molar-refractivity contribution >= 4 is 29.1 Å². The van der Waals surface area contributed by atoms with Crippen LogP contribution in [0.4, 0.5) is 0 Å². The number of amides is 1. The first kappa shape index (κ1) is 19.2. The molecule has 1 fully saturated rings. The van der Waals surface area contributed by atoms with Gasteiger partial charge in [-0.3, -0.25) is 4.79 Å². The molecule has 6 heteroatoms. The van der Waals surface area contributed by atoms with Crippen LogP contribution < -0.4 is 10.1 Å². The maximum Gasteiger partial charge on any atom is 0.239 e. The number of para-hydroxylation sites is 1. The SMILES string of the molecule is COc1ccccc1/C=N\N=C1\NC(=O)[C@@H](Cc2ccc(C(C)C)cc2)S1. The molecule has 1 aliphatic rings. The molecule has 3 rings (SSSR count). The predicted molar refractivity (Wildman–Crippen MR) is 112 cm³/mol. The highest BCUT2D eigenvalue weighted by atomic mass is 32.2. The standard InChI is InChI=1S/C21H23N3O2S/c1-14(2)16-10-8-15(9-11-16)12-19-20(25)23-21(27-19)24-22-13-17-6-4-5-7-18(17)26-3/h4-11,13-14,19H,12H2,1-3H3,(H,23,24,25)/b22-13-/t19-/m1/s1. The van der Waals surface area contributed by atoms with Crippen molar-refractivity contribution in [3.63, 3.8) is 0 Å². The zero-order valence-electron chi connectivity index (χ0n) is 15.7. The summed E-state index contributed by atoms with van der Waals surface area (Å²) in [6, 6.07) is 16.0. The highest BCUT2D eigenvalue weighted by molar-refractivity contribution is 8.15. The van der Waals surface area contributed by atoms with Crippen LogP contribution in [0.5, 0.6) is 5.75 Å². The van der Waals surface area contributed by atoms with Crippen LogP contribution in [0.25, 0.3) is 0 Å². The van der Waals surface area contributed by atoms with Gasteiger partial charge in [0.25, 0.3) is 0 Å². The molecule has 1 N–H and O–H groups in total. The van der Waals surface area contributed by atoms with Crippen LogP contribution >= 0.6 is 11.8 Å². The highest BCUT2D eigenvalue weighted by Crippen LogP contribution is 2.24. The molecule has 0 bridgehead atoms. The second-order valence-electron chi connectivity index (χ2n) is 6.59. The lowest BCUT2D eigenvalue weighted by Crippen LogP contribution is -2.25. The number of methoxy groups -OCH3 is 1. The van der Waals surface area contributed by atoms with E-state index in [0.29, 0.717) is 17.5 Å². The maximum atomic E-state index is 12.2. The van der Waals surface area contributed by atoms with Gasteiger partial charge in [0, 0.05) is 5.56 Å². The zero-order valence-corrected chi connectivity index (χ0v) is 16.5. The van der Waals surface area contributed by atoms with Gasteiger partial charge in [-0.05, 0) is 35.6 Å². The number of rotatable bonds is 6. The molecule has 0 unspecified atom stereocenters. The number of carbonyl (C=O) groups excluding carboxylic acids is 1. The fourth-order valence-corrected chi connectivity index (χ4v) is 3.72. The minimum atomic E-state index is -0.185. The number of thioether (sulfide) groups is 1. The predicted octanol–water partition coefficient (Wildman–Crippen LogP) is 3.98. The third-order valence-corrected chi connectivity index (χ3v) is 5.40. The molecular formula is C21H23N3O2S. The molecular weight excluding hydrogens is 358 g/mol. The van der Waals surface area contributed by atoms with Gasteiger partial charge in [-0.1, -0.05) is 62.0 Å². The van der Waals surface area contributed by atoms with E-state index < -0.39 is 0 Å². The van der Waals surface area contributed by atoms with Crippen molar-refractivity contribution in [1.29, 1.82) is 0 Å². The van der Waals surface area contributed by atoms with Crippen LogP contribution in [0, 0.1) is 0 Å². The van der Waals surface area contributed by atoms with Gasteiger partial charge in [0.15, 0.2) is 5.17 Å². The lowest BCUT2D eigenvalue weighted by Gasteiger charge is -2.08. The lowest BCUT2D eigenvalue weighted by molar-refractivity contribution is -0.118. The van der Waals surface area contributed by atoms with Crippen LogP contribution in [0.3, 0.4) is 0 Å². The van der Waals surface area contributed by atoms with Crippen molar-refractivity contribution in [3.05, 3.63) is 65.2 Å². The molecule has 1 heterocycles. The van der Waals surface area contributed by atoms with Gasteiger partial charge in [-0.2, -0.15) is 5.10 Å². The average molecular weight is 382 g/mol. The number of nitrogens with zero attached hydrogens (tertiary/aromatic N) is 2. The summed E-state index contributed by atoms with van der Waals surface area (Å²) < 4.78 is 5.28. The van der Waals surface area contributed by atoms with Crippen molar-refractivity contribution < 1.29 is 9.53 Å². The Labute approximate surface area is 163 Å². The van der Waals surface area contributed by atoms with E-state index in [9.17, 15) is 4.79 Å². The molecule has 0 spiro atoms. The van der Waals surface area contributed by atoms with Crippen LogP contribution in [-0.2, 0) is 11.2 Å². The van der Waals surface area contributed by atoms with Gasteiger partial charge >= 0.3 is 0 Å². The summed E-state index contributed by atoms with van der Waals surface area (Å²) in [6.07, 6.45) is 2.29. The van der Waals surface area contributed by atoms with Crippen molar-refractivity contribution in [1.82, 2.24) is 5.32 Å². The van der Waals surface area contributed by atoms with Crippen LogP contribution in [0.1, 0.15) is 36.5 Å².